The van der Waals surface area contributed by atoms with Crippen LogP contribution in [0, 0.1) is 5.41 Å². The van der Waals surface area contributed by atoms with Crippen molar-refractivity contribution >= 4 is 17.4 Å². The summed E-state index contributed by atoms with van der Waals surface area (Å²) in [6.07, 6.45) is 5.25. The van der Waals surface area contributed by atoms with E-state index in [1.807, 2.05) is 0 Å². The van der Waals surface area contributed by atoms with E-state index < -0.39 is 0 Å². The van der Waals surface area contributed by atoms with Crippen LogP contribution < -0.4 is 15.4 Å². The molecule has 1 unspecified atom stereocenters. The maximum atomic E-state index is 12.6. The van der Waals surface area contributed by atoms with Gasteiger partial charge in [0.2, 0.25) is 0 Å². The minimum Gasteiger partial charge on any atom is -0.497 e. The van der Waals surface area contributed by atoms with E-state index in [-0.39, 0.29) is 23.4 Å². The number of carbonyl (C=O) groups is 2. The first kappa shape index (κ1) is 16.8. The van der Waals surface area contributed by atoms with Gasteiger partial charge in [-0.15, -0.1) is 0 Å². The number of hydrogen-bond donors (Lipinski definition) is 2. The van der Waals surface area contributed by atoms with E-state index in [1.165, 1.54) is 6.20 Å². The third kappa shape index (κ3) is 2.90. The molecule has 2 saturated heterocycles. The maximum Gasteiger partial charge on any atom is 0.312 e. The van der Waals surface area contributed by atoms with Crippen molar-refractivity contribution in [3.8, 4) is 5.75 Å². The number of ether oxygens (including phenoxy) is 2. The van der Waals surface area contributed by atoms with E-state index in [4.69, 9.17) is 9.47 Å². The average molecular weight is 358 g/mol. The molecule has 26 heavy (non-hydrogen) atoms. The van der Waals surface area contributed by atoms with Crippen LogP contribution in [-0.4, -0.2) is 54.3 Å². The molecule has 1 spiro atoms. The molecule has 2 N–H and O–H groups in total. The van der Waals surface area contributed by atoms with Crippen LogP contribution in [0.15, 0.2) is 24.5 Å². The summed E-state index contributed by atoms with van der Waals surface area (Å²) in [7, 11) is 1.58. The fraction of sp³-hybridized carbons (Fsp3) is 0.500. The number of rotatable bonds is 4. The van der Waals surface area contributed by atoms with Gasteiger partial charge in [-0.2, -0.15) is 5.10 Å². The van der Waals surface area contributed by atoms with E-state index in [0.29, 0.717) is 29.8 Å². The Hall–Kier alpha value is -2.61. The van der Waals surface area contributed by atoms with Crippen molar-refractivity contribution in [3.63, 3.8) is 0 Å². The summed E-state index contributed by atoms with van der Waals surface area (Å²) < 4.78 is 12.4. The Morgan fingerprint density at radius 1 is 1.50 bits per heavy atom. The van der Waals surface area contributed by atoms with Crippen molar-refractivity contribution in [1.82, 2.24) is 20.2 Å². The Labute approximate surface area is 150 Å². The number of piperidine rings is 1. The lowest BCUT2D eigenvalue weighted by molar-refractivity contribution is -0.149. The van der Waals surface area contributed by atoms with Gasteiger partial charge < -0.3 is 20.1 Å². The highest BCUT2D eigenvalue weighted by atomic mass is 16.6. The summed E-state index contributed by atoms with van der Waals surface area (Å²) in [4.78, 5) is 24.9. The molecule has 8 nitrogen and oxygen atoms in total. The lowest BCUT2D eigenvalue weighted by atomic mass is 9.76. The van der Waals surface area contributed by atoms with Crippen LogP contribution in [0.5, 0.6) is 5.75 Å². The summed E-state index contributed by atoms with van der Waals surface area (Å²) >= 11 is 0. The largest absolute Gasteiger partial charge is 0.497 e. The Bertz CT molecular complexity index is 841. The second kappa shape index (κ2) is 6.60. The first-order valence-corrected chi connectivity index (χ1v) is 8.83. The molecule has 138 valence electrons. The van der Waals surface area contributed by atoms with Crippen molar-refractivity contribution in [3.05, 3.63) is 30.1 Å². The number of hydrogen-bond acceptors (Lipinski definition) is 6. The smallest absolute Gasteiger partial charge is 0.312 e. The normalized spacial score (nSPS) is 21.7. The Morgan fingerprint density at radius 3 is 3.08 bits per heavy atom. The molecule has 1 atom stereocenters. The highest BCUT2D eigenvalue weighted by molar-refractivity contribution is 6.00. The number of cyclic esters (lactones) is 1. The van der Waals surface area contributed by atoms with Crippen molar-refractivity contribution in [2.75, 3.05) is 26.7 Å². The number of carbonyl (C=O) groups excluding carboxylic acids is 2. The van der Waals surface area contributed by atoms with E-state index in [1.54, 1.807) is 30.0 Å². The first-order chi connectivity index (χ1) is 12.6. The highest BCUT2D eigenvalue weighted by Crippen LogP contribution is 2.41. The summed E-state index contributed by atoms with van der Waals surface area (Å²) in [5, 5.41) is 10.3. The predicted octanol–water partition coefficient (Wildman–Crippen LogP) is 0.758. The van der Waals surface area contributed by atoms with Crippen LogP contribution in [0.1, 0.15) is 29.6 Å². The molecular weight excluding hydrogens is 336 g/mol. The molecule has 2 aromatic heterocycles. The zero-order valence-electron chi connectivity index (χ0n) is 14.7. The topological polar surface area (TPSA) is 94.0 Å². The number of nitrogens with one attached hydrogen (secondary N) is 2. The lowest BCUT2D eigenvalue weighted by Gasteiger charge is -2.29. The minimum absolute atomic E-state index is 0.126. The highest BCUT2D eigenvalue weighted by Gasteiger charge is 2.49. The van der Waals surface area contributed by atoms with Gasteiger partial charge in [-0.25, -0.2) is 4.52 Å². The van der Waals surface area contributed by atoms with Gasteiger partial charge in [-0.3, -0.25) is 9.59 Å². The summed E-state index contributed by atoms with van der Waals surface area (Å²) in [5.41, 5.74) is 0.753. The standard InChI is InChI=1S/C18H22N4O4/c1-25-12-2-7-22-15(8-12)14(11-21-22)16(23)20-10-13-9-18(17(24)26-13)3-5-19-6-4-18/h2,7-8,11,13,19H,3-6,9-10H2,1H3,(H,20,23). The van der Waals surface area contributed by atoms with Crippen LogP contribution in [0.3, 0.4) is 0 Å². The van der Waals surface area contributed by atoms with Crippen molar-refractivity contribution in [2.24, 2.45) is 5.41 Å². The second-order valence-electron chi connectivity index (χ2n) is 6.93. The number of methoxy groups -OCH3 is 1. The molecule has 2 aliphatic heterocycles. The molecule has 2 aromatic rings. The van der Waals surface area contributed by atoms with Gasteiger partial charge in [-0.05, 0) is 32.0 Å². The van der Waals surface area contributed by atoms with Gasteiger partial charge in [0.1, 0.15) is 11.9 Å². The molecule has 4 heterocycles. The van der Waals surface area contributed by atoms with Gasteiger partial charge in [0.15, 0.2) is 0 Å². The average Bonchev–Trinajstić information content (AvgIpc) is 3.21. The zero-order chi connectivity index (χ0) is 18.1. The van der Waals surface area contributed by atoms with E-state index in [9.17, 15) is 9.59 Å². The molecule has 1 amide bonds. The molecule has 8 heteroatoms. The Kier molecular flexibility index (Phi) is 4.28. The predicted molar refractivity (Wildman–Crippen MR) is 93.1 cm³/mol. The van der Waals surface area contributed by atoms with Gasteiger partial charge in [0.05, 0.1) is 36.3 Å². The Morgan fingerprint density at radius 2 is 2.31 bits per heavy atom. The number of nitrogens with zero attached hydrogens (tertiary/aromatic N) is 2. The van der Waals surface area contributed by atoms with Crippen LogP contribution in [-0.2, 0) is 9.53 Å². The van der Waals surface area contributed by atoms with Crippen LogP contribution in [0.4, 0.5) is 0 Å². The molecular formula is C18H22N4O4. The number of fused-ring (bicyclic) bond motifs is 1. The third-order valence-corrected chi connectivity index (χ3v) is 5.35. The molecule has 0 aliphatic carbocycles. The zero-order valence-corrected chi connectivity index (χ0v) is 14.7. The van der Waals surface area contributed by atoms with Gasteiger partial charge in [-0.1, -0.05) is 0 Å². The first-order valence-electron chi connectivity index (χ1n) is 8.83. The fourth-order valence-corrected chi connectivity index (χ4v) is 3.83. The third-order valence-electron chi connectivity index (χ3n) is 5.35. The number of aromatic nitrogens is 2. The van der Waals surface area contributed by atoms with Gasteiger partial charge in [0, 0.05) is 18.7 Å². The Balaban J connectivity index is 1.42. The molecule has 4 rings (SSSR count). The van der Waals surface area contributed by atoms with Crippen molar-refractivity contribution in [1.29, 1.82) is 0 Å². The monoisotopic (exact) mass is 358 g/mol. The molecule has 2 aliphatic rings. The summed E-state index contributed by atoms with van der Waals surface area (Å²) in [6, 6.07) is 3.54. The van der Waals surface area contributed by atoms with Gasteiger partial charge >= 0.3 is 5.97 Å². The van der Waals surface area contributed by atoms with E-state index >= 15 is 0 Å². The summed E-state index contributed by atoms with van der Waals surface area (Å²) in [5.74, 6) is 0.291. The SMILES string of the molecule is COc1ccn2ncc(C(=O)NCC3CC4(CCNCC4)C(=O)O3)c2c1. The van der Waals surface area contributed by atoms with Crippen molar-refractivity contribution in [2.45, 2.75) is 25.4 Å². The molecule has 0 bridgehead atoms. The fourth-order valence-electron chi connectivity index (χ4n) is 3.83. The lowest BCUT2D eigenvalue weighted by Crippen LogP contribution is -2.39. The number of amides is 1. The van der Waals surface area contributed by atoms with Gasteiger partial charge in [0.25, 0.3) is 5.91 Å². The maximum absolute atomic E-state index is 12.6. The molecule has 0 aromatic carbocycles. The summed E-state index contributed by atoms with van der Waals surface area (Å²) in [6.45, 7) is 1.97. The molecule has 0 saturated carbocycles. The number of esters is 1. The van der Waals surface area contributed by atoms with Crippen LogP contribution >= 0.6 is 0 Å². The van der Waals surface area contributed by atoms with E-state index in [0.717, 1.165) is 25.9 Å². The van der Waals surface area contributed by atoms with E-state index in [2.05, 4.69) is 15.7 Å². The van der Waals surface area contributed by atoms with Crippen LogP contribution in [0.2, 0.25) is 0 Å². The van der Waals surface area contributed by atoms with Crippen LogP contribution in [0.25, 0.3) is 5.52 Å². The molecule has 2 fully saturated rings. The number of pyridine rings is 1. The van der Waals surface area contributed by atoms with Crippen molar-refractivity contribution < 1.29 is 19.1 Å². The molecule has 0 radical (unpaired) electrons. The second-order valence-corrected chi connectivity index (χ2v) is 6.93. The minimum atomic E-state index is -0.377. The quantitative estimate of drug-likeness (QED) is 0.784.